The van der Waals surface area contributed by atoms with Crippen molar-refractivity contribution in [3.63, 3.8) is 0 Å². The molecule has 1 atom stereocenters. The first-order valence-electron chi connectivity index (χ1n) is 6.28. The van der Waals surface area contributed by atoms with E-state index in [0.29, 0.717) is 0 Å². The predicted molar refractivity (Wildman–Crippen MR) is 75.4 cm³/mol. The minimum Gasteiger partial charge on any atom is -0.374 e. The average Bonchev–Trinajstić information content (AvgIpc) is 2.39. The molecule has 0 aliphatic rings. The average molecular weight is 244 g/mol. The SMILES string of the molecule is C#Cc1cccc(NC(C)C(=O)NCCCC)c1. The second-order valence-corrected chi connectivity index (χ2v) is 4.24. The molecule has 1 amide bonds. The number of anilines is 1. The maximum atomic E-state index is 11.8. The van der Waals surface area contributed by atoms with Gasteiger partial charge in [0, 0.05) is 17.8 Å². The van der Waals surface area contributed by atoms with Crippen molar-refractivity contribution in [2.24, 2.45) is 0 Å². The van der Waals surface area contributed by atoms with Crippen LogP contribution in [0.5, 0.6) is 0 Å². The lowest BCUT2D eigenvalue weighted by atomic mass is 10.2. The molecule has 3 nitrogen and oxygen atoms in total. The summed E-state index contributed by atoms with van der Waals surface area (Å²) in [5.74, 6) is 2.58. The second kappa shape index (κ2) is 7.39. The van der Waals surface area contributed by atoms with Crippen LogP contribution in [0, 0.1) is 12.3 Å². The first kappa shape index (κ1) is 14.1. The molecule has 96 valence electrons. The number of unbranched alkanes of at least 4 members (excludes halogenated alkanes) is 1. The van der Waals surface area contributed by atoms with Gasteiger partial charge in [0.2, 0.25) is 5.91 Å². The van der Waals surface area contributed by atoms with Gasteiger partial charge < -0.3 is 10.6 Å². The van der Waals surface area contributed by atoms with Gasteiger partial charge in [-0.2, -0.15) is 0 Å². The summed E-state index contributed by atoms with van der Waals surface area (Å²) in [6.45, 7) is 4.66. The largest absolute Gasteiger partial charge is 0.374 e. The van der Waals surface area contributed by atoms with Crippen LogP contribution in [0.1, 0.15) is 32.3 Å². The maximum absolute atomic E-state index is 11.8. The lowest BCUT2D eigenvalue weighted by molar-refractivity contribution is -0.121. The molecule has 0 spiro atoms. The highest BCUT2D eigenvalue weighted by Crippen LogP contribution is 2.10. The Morgan fingerprint density at radius 1 is 1.50 bits per heavy atom. The summed E-state index contributed by atoms with van der Waals surface area (Å²) in [4.78, 5) is 11.8. The Balaban J connectivity index is 2.50. The molecule has 0 radical (unpaired) electrons. The minimum atomic E-state index is -0.269. The summed E-state index contributed by atoms with van der Waals surface area (Å²) in [7, 11) is 0. The third-order valence-electron chi connectivity index (χ3n) is 2.64. The van der Waals surface area contributed by atoms with E-state index in [0.717, 1.165) is 30.6 Å². The van der Waals surface area contributed by atoms with Gasteiger partial charge in [-0.05, 0) is 31.5 Å². The fourth-order valence-electron chi connectivity index (χ4n) is 1.56. The zero-order valence-electron chi connectivity index (χ0n) is 11.0. The number of terminal acetylenes is 1. The van der Waals surface area contributed by atoms with Crippen LogP contribution in [-0.4, -0.2) is 18.5 Å². The Morgan fingerprint density at radius 2 is 2.28 bits per heavy atom. The molecule has 0 aromatic heterocycles. The van der Waals surface area contributed by atoms with Crippen LogP contribution in [0.25, 0.3) is 0 Å². The zero-order valence-corrected chi connectivity index (χ0v) is 11.0. The molecule has 0 aliphatic heterocycles. The number of nitrogens with one attached hydrogen (secondary N) is 2. The zero-order chi connectivity index (χ0) is 13.4. The molecule has 3 heteroatoms. The molecular weight excluding hydrogens is 224 g/mol. The van der Waals surface area contributed by atoms with Crippen LogP contribution < -0.4 is 10.6 Å². The van der Waals surface area contributed by atoms with E-state index in [9.17, 15) is 4.79 Å². The molecule has 1 rings (SSSR count). The van der Waals surface area contributed by atoms with Gasteiger partial charge in [0.25, 0.3) is 0 Å². The Hall–Kier alpha value is -1.95. The van der Waals surface area contributed by atoms with Crippen molar-refractivity contribution < 1.29 is 4.79 Å². The van der Waals surface area contributed by atoms with Gasteiger partial charge in [0.1, 0.15) is 6.04 Å². The first-order valence-corrected chi connectivity index (χ1v) is 6.28. The van der Waals surface area contributed by atoms with Crippen molar-refractivity contribution in [2.45, 2.75) is 32.7 Å². The van der Waals surface area contributed by atoms with E-state index >= 15 is 0 Å². The minimum absolute atomic E-state index is 0.00885. The molecule has 1 aromatic carbocycles. The topological polar surface area (TPSA) is 41.1 Å². The summed E-state index contributed by atoms with van der Waals surface area (Å²) in [5, 5.41) is 6.03. The molecule has 0 bridgehead atoms. The van der Waals surface area contributed by atoms with E-state index < -0.39 is 0 Å². The summed E-state index contributed by atoms with van der Waals surface area (Å²) in [5.41, 5.74) is 1.67. The Bertz CT molecular complexity index is 434. The standard InChI is InChI=1S/C15H20N2O/c1-4-6-10-16-15(18)12(3)17-14-9-7-8-13(5-2)11-14/h2,7-9,11-12,17H,4,6,10H2,1,3H3,(H,16,18). The smallest absolute Gasteiger partial charge is 0.242 e. The van der Waals surface area contributed by atoms with Crippen molar-refractivity contribution in [3.8, 4) is 12.3 Å². The molecule has 1 unspecified atom stereocenters. The van der Waals surface area contributed by atoms with Crippen molar-refractivity contribution in [1.82, 2.24) is 5.32 Å². The number of hydrogen-bond donors (Lipinski definition) is 2. The fourth-order valence-corrected chi connectivity index (χ4v) is 1.56. The highest BCUT2D eigenvalue weighted by molar-refractivity contribution is 5.84. The highest BCUT2D eigenvalue weighted by Gasteiger charge is 2.11. The Morgan fingerprint density at radius 3 is 2.94 bits per heavy atom. The van der Waals surface area contributed by atoms with E-state index in [1.807, 2.05) is 31.2 Å². The number of carbonyl (C=O) groups excluding carboxylic acids is 1. The van der Waals surface area contributed by atoms with Gasteiger partial charge in [-0.3, -0.25) is 4.79 Å². The number of benzene rings is 1. The monoisotopic (exact) mass is 244 g/mol. The number of hydrogen-bond acceptors (Lipinski definition) is 2. The van der Waals surface area contributed by atoms with Crippen LogP contribution in [0.2, 0.25) is 0 Å². The van der Waals surface area contributed by atoms with Gasteiger partial charge in [0.05, 0.1) is 0 Å². The molecule has 0 saturated carbocycles. The molecule has 0 saturated heterocycles. The summed E-state index contributed by atoms with van der Waals surface area (Å²) in [6, 6.07) is 7.22. The lowest BCUT2D eigenvalue weighted by Crippen LogP contribution is -2.37. The molecule has 2 N–H and O–H groups in total. The molecule has 0 fully saturated rings. The van der Waals surface area contributed by atoms with Crippen LogP contribution in [-0.2, 0) is 4.79 Å². The molecule has 18 heavy (non-hydrogen) atoms. The predicted octanol–water partition coefficient (Wildman–Crippen LogP) is 2.38. The van der Waals surface area contributed by atoms with Gasteiger partial charge in [-0.15, -0.1) is 6.42 Å². The second-order valence-electron chi connectivity index (χ2n) is 4.24. The summed E-state index contributed by atoms with van der Waals surface area (Å²) in [6.07, 6.45) is 7.41. The van der Waals surface area contributed by atoms with E-state index in [2.05, 4.69) is 23.5 Å². The van der Waals surface area contributed by atoms with Crippen LogP contribution >= 0.6 is 0 Å². The molecule has 0 heterocycles. The Labute approximate surface area is 109 Å². The maximum Gasteiger partial charge on any atom is 0.242 e. The lowest BCUT2D eigenvalue weighted by Gasteiger charge is -2.15. The quantitative estimate of drug-likeness (QED) is 0.596. The van der Waals surface area contributed by atoms with Gasteiger partial charge in [-0.1, -0.05) is 25.3 Å². The number of amides is 1. The van der Waals surface area contributed by atoms with E-state index in [-0.39, 0.29) is 11.9 Å². The van der Waals surface area contributed by atoms with Crippen molar-refractivity contribution in [1.29, 1.82) is 0 Å². The number of carbonyl (C=O) groups is 1. The number of rotatable bonds is 6. The van der Waals surface area contributed by atoms with Crippen LogP contribution in [0.4, 0.5) is 5.69 Å². The third kappa shape index (κ3) is 4.50. The Kier molecular flexibility index (Phi) is 5.79. The van der Waals surface area contributed by atoms with Crippen LogP contribution in [0.3, 0.4) is 0 Å². The molecular formula is C15H20N2O. The third-order valence-corrected chi connectivity index (χ3v) is 2.64. The summed E-state index contributed by atoms with van der Waals surface area (Å²) < 4.78 is 0. The first-order chi connectivity index (χ1) is 8.67. The van der Waals surface area contributed by atoms with Crippen molar-refractivity contribution in [2.75, 3.05) is 11.9 Å². The van der Waals surface area contributed by atoms with Gasteiger partial charge >= 0.3 is 0 Å². The van der Waals surface area contributed by atoms with Crippen LogP contribution in [0.15, 0.2) is 24.3 Å². The van der Waals surface area contributed by atoms with E-state index in [4.69, 9.17) is 6.42 Å². The van der Waals surface area contributed by atoms with Gasteiger partial charge in [0.15, 0.2) is 0 Å². The van der Waals surface area contributed by atoms with Gasteiger partial charge in [-0.25, -0.2) is 0 Å². The molecule has 0 aliphatic carbocycles. The fraction of sp³-hybridized carbons (Fsp3) is 0.400. The highest BCUT2D eigenvalue weighted by atomic mass is 16.2. The summed E-state index contributed by atoms with van der Waals surface area (Å²) >= 11 is 0. The van der Waals surface area contributed by atoms with Crippen molar-refractivity contribution >= 4 is 11.6 Å². The molecule has 1 aromatic rings. The van der Waals surface area contributed by atoms with E-state index in [1.165, 1.54) is 0 Å². The normalized spacial score (nSPS) is 11.4. The van der Waals surface area contributed by atoms with E-state index in [1.54, 1.807) is 0 Å². The van der Waals surface area contributed by atoms with Crippen molar-refractivity contribution in [3.05, 3.63) is 29.8 Å².